The van der Waals surface area contributed by atoms with Crippen LogP contribution in [-0.4, -0.2) is 23.5 Å². The average Bonchev–Trinajstić information content (AvgIpc) is 2.65. The Morgan fingerprint density at radius 2 is 2.12 bits per heavy atom. The van der Waals surface area contributed by atoms with Gasteiger partial charge in [0.05, 0.1) is 6.61 Å². The third kappa shape index (κ3) is 3.58. The number of hydrogen-bond donors (Lipinski definition) is 1. The Kier molecular flexibility index (Phi) is 3.88. The van der Waals surface area contributed by atoms with Crippen LogP contribution in [-0.2, 0) is 9.53 Å². The first kappa shape index (κ1) is 13.2. The summed E-state index contributed by atoms with van der Waals surface area (Å²) in [5.74, 6) is -0.817. The fraction of sp³-hybridized carbons (Fsp3) is 0.545. The molecular weight excluding hydrogens is 224 g/mol. The molecule has 6 heteroatoms. The van der Waals surface area contributed by atoms with E-state index in [-0.39, 0.29) is 24.2 Å². The fourth-order valence-electron chi connectivity index (χ4n) is 0.915. The number of rotatable bonds is 3. The molecule has 1 heterocycles. The van der Waals surface area contributed by atoms with E-state index < -0.39 is 11.4 Å². The maximum absolute atomic E-state index is 11.6. The highest BCUT2D eigenvalue weighted by Crippen LogP contribution is 2.17. The van der Waals surface area contributed by atoms with Crippen molar-refractivity contribution in [3.05, 3.63) is 12.0 Å². The highest BCUT2D eigenvalue weighted by atomic mass is 16.5. The van der Waals surface area contributed by atoms with Crippen LogP contribution in [0.25, 0.3) is 0 Å². The number of aromatic nitrogens is 1. The first-order valence-electron chi connectivity index (χ1n) is 5.28. The molecule has 0 atom stereocenters. The third-order valence-corrected chi connectivity index (χ3v) is 1.89. The lowest BCUT2D eigenvalue weighted by Crippen LogP contribution is -2.27. The number of esters is 1. The highest BCUT2D eigenvalue weighted by Gasteiger charge is 2.23. The van der Waals surface area contributed by atoms with Crippen molar-refractivity contribution in [2.24, 2.45) is 5.41 Å². The molecular formula is C11H16N2O4. The minimum Gasteiger partial charge on any atom is -0.461 e. The van der Waals surface area contributed by atoms with E-state index in [2.05, 4.69) is 10.3 Å². The van der Waals surface area contributed by atoms with Crippen molar-refractivity contribution in [1.82, 2.24) is 4.98 Å². The van der Waals surface area contributed by atoms with E-state index in [1.165, 1.54) is 0 Å². The second-order valence-electron chi connectivity index (χ2n) is 4.46. The molecule has 0 aliphatic carbocycles. The summed E-state index contributed by atoms with van der Waals surface area (Å²) in [5, 5.41) is 2.47. The second kappa shape index (κ2) is 4.99. The maximum Gasteiger partial charge on any atom is 0.360 e. The lowest BCUT2D eigenvalue weighted by atomic mass is 9.96. The molecule has 0 aliphatic heterocycles. The Bertz CT molecular complexity index is 417. The fourth-order valence-corrected chi connectivity index (χ4v) is 0.915. The van der Waals surface area contributed by atoms with Crippen molar-refractivity contribution in [2.75, 3.05) is 11.9 Å². The van der Waals surface area contributed by atoms with Crippen molar-refractivity contribution in [1.29, 1.82) is 0 Å². The number of nitrogens with zero attached hydrogens (tertiary/aromatic N) is 1. The molecule has 0 aromatic carbocycles. The summed E-state index contributed by atoms with van der Waals surface area (Å²) in [6, 6.07) is -0.00650. The summed E-state index contributed by atoms with van der Waals surface area (Å²) >= 11 is 0. The smallest absolute Gasteiger partial charge is 0.360 e. The molecule has 17 heavy (non-hydrogen) atoms. The summed E-state index contributed by atoms with van der Waals surface area (Å²) in [4.78, 5) is 26.7. The van der Waals surface area contributed by atoms with Crippen molar-refractivity contribution in [3.63, 3.8) is 0 Å². The number of hydrogen-bond acceptors (Lipinski definition) is 5. The second-order valence-corrected chi connectivity index (χ2v) is 4.46. The van der Waals surface area contributed by atoms with Crippen LogP contribution >= 0.6 is 0 Å². The van der Waals surface area contributed by atoms with Crippen LogP contribution in [0.4, 0.5) is 6.01 Å². The predicted octanol–water partition coefficient (Wildman–Crippen LogP) is 1.84. The molecule has 1 rings (SSSR count). The van der Waals surface area contributed by atoms with Gasteiger partial charge >= 0.3 is 12.0 Å². The number of carbonyl (C=O) groups excluding carboxylic acids is 2. The Morgan fingerprint density at radius 1 is 1.47 bits per heavy atom. The quantitative estimate of drug-likeness (QED) is 0.815. The van der Waals surface area contributed by atoms with E-state index in [1.807, 2.05) is 0 Å². The first-order chi connectivity index (χ1) is 7.84. The van der Waals surface area contributed by atoms with Crippen LogP contribution in [0, 0.1) is 5.41 Å². The van der Waals surface area contributed by atoms with Gasteiger partial charge in [0, 0.05) is 5.41 Å². The molecule has 0 bridgehead atoms. The summed E-state index contributed by atoms with van der Waals surface area (Å²) in [5.41, 5.74) is -0.519. The molecule has 1 aromatic heterocycles. The van der Waals surface area contributed by atoms with E-state index >= 15 is 0 Å². The number of anilines is 1. The Hall–Kier alpha value is -1.85. The summed E-state index contributed by atoms with van der Waals surface area (Å²) < 4.78 is 9.69. The lowest BCUT2D eigenvalue weighted by Gasteiger charge is -2.15. The molecule has 0 saturated carbocycles. The van der Waals surface area contributed by atoms with E-state index in [4.69, 9.17) is 9.15 Å². The SMILES string of the molecule is CCOC(=O)c1coc(NC(=O)C(C)(C)C)n1. The molecule has 94 valence electrons. The van der Waals surface area contributed by atoms with Crippen molar-refractivity contribution < 1.29 is 18.7 Å². The van der Waals surface area contributed by atoms with Gasteiger partial charge in [-0.05, 0) is 6.92 Å². The molecule has 0 spiro atoms. The molecule has 1 aromatic rings. The first-order valence-corrected chi connectivity index (χ1v) is 5.28. The van der Waals surface area contributed by atoms with Gasteiger partial charge in [0.1, 0.15) is 6.26 Å². The standard InChI is InChI=1S/C11H16N2O4/c1-5-16-8(14)7-6-17-10(12-7)13-9(15)11(2,3)4/h6H,5H2,1-4H3,(H,12,13,15). The molecule has 0 radical (unpaired) electrons. The third-order valence-electron chi connectivity index (χ3n) is 1.89. The number of ether oxygens (including phenoxy) is 1. The van der Waals surface area contributed by atoms with E-state index in [1.54, 1.807) is 27.7 Å². The highest BCUT2D eigenvalue weighted by molar-refractivity contribution is 5.93. The number of amides is 1. The van der Waals surface area contributed by atoms with Gasteiger partial charge in [0.25, 0.3) is 0 Å². The van der Waals surface area contributed by atoms with Crippen molar-refractivity contribution in [3.8, 4) is 0 Å². The van der Waals surface area contributed by atoms with Gasteiger partial charge in [-0.25, -0.2) is 4.79 Å². The van der Waals surface area contributed by atoms with E-state index in [0.717, 1.165) is 6.26 Å². The van der Waals surface area contributed by atoms with Crippen molar-refractivity contribution in [2.45, 2.75) is 27.7 Å². The normalized spacial score (nSPS) is 11.1. The predicted molar refractivity (Wildman–Crippen MR) is 60.5 cm³/mol. The van der Waals surface area contributed by atoms with Gasteiger partial charge in [-0.2, -0.15) is 4.98 Å². The summed E-state index contributed by atoms with van der Waals surface area (Å²) in [6.07, 6.45) is 1.15. The van der Waals surface area contributed by atoms with Crippen LogP contribution < -0.4 is 5.32 Å². The Morgan fingerprint density at radius 3 is 2.65 bits per heavy atom. The molecule has 0 fully saturated rings. The number of oxazole rings is 1. The minimum atomic E-state index is -0.576. The van der Waals surface area contributed by atoms with E-state index in [0.29, 0.717) is 0 Å². The minimum absolute atomic E-state index is 0.00650. The molecule has 0 saturated heterocycles. The van der Waals surface area contributed by atoms with Gasteiger partial charge in [0.15, 0.2) is 5.69 Å². The van der Waals surface area contributed by atoms with Crippen LogP contribution in [0.2, 0.25) is 0 Å². The van der Waals surface area contributed by atoms with Crippen LogP contribution in [0.15, 0.2) is 10.7 Å². The summed E-state index contributed by atoms with van der Waals surface area (Å²) in [6.45, 7) is 7.24. The Labute approximate surface area is 99.4 Å². The van der Waals surface area contributed by atoms with E-state index in [9.17, 15) is 9.59 Å². The zero-order chi connectivity index (χ0) is 13.1. The topological polar surface area (TPSA) is 81.4 Å². The maximum atomic E-state index is 11.6. The van der Waals surface area contributed by atoms with Crippen molar-refractivity contribution >= 4 is 17.9 Å². The lowest BCUT2D eigenvalue weighted by molar-refractivity contribution is -0.123. The van der Waals surface area contributed by atoms with Gasteiger partial charge in [0.2, 0.25) is 5.91 Å². The van der Waals surface area contributed by atoms with Crippen LogP contribution in [0.3, 0.4) is 0 Å². The van der Waals surface area contributed by atoms with Crippen LogP contribution in [0.5, 0.6) is 0 Å². The molecule has 1 amide bonds. The number of carbonyl (C=O) groups is 2. The van der Waals surface area contributed by atoms with Gasteiger partial charge in [-0.1, -0.05) is 20.8 Å². The molecule has 6 nitrogen and oxygen atoms in total. The zero-order valence-electron chi connectivity index (χ0n) is 10.4. The van der Waals surface area contributed by atoms with Gasteiger partial charge in [-0.15, -0.1) is 0 Å². The zero-order valence-corrected chi connectivity index (χ0v) is 10.4. The van der Waals surface area contributed by atoms with Gasteiger partial charge < -0.3 is 9.15 Å². The molecule has 0 unspecified atom stereocenters. The van der Waals surface area contributed by atoms with Gasteiger partial charge in [-0.3, -0.25) is 10.1 Å². The summed E-state index contributed by atoms with van der Waals surface area (Å²) in [7, 11) is 0. The monoisotopic (exact) mass is 240 g/mol. The number of nitrogens with one attached hydrogen (secondary N) is 1. The Balaban J connectivity index is 2.69. The average molecular weight is 240 g/mol. The largest absolute Gasteiger partial charge is 0.461 e. The molecule has 1 N–H and O–H groups in total. The molecule has 0 aliphatic rings. The van der Waals surface area contributed by atoms with Crippen LogP contribution in [0.1, 0.15) is 38.2 Å².